The number of nitrogens with two attached hydrogens (primary N) is 1. The number of benzene rings is 1. The van der Waals surface area contributed by atoms with Gasteiger partial charge in [0.25, 0.3) is 0 Å². The Kier molecular flexibility index (Phi) is 3.18. The molecule has 0 spiro atoms. The van der Waals surface area contributed by atoms with E-state index in [1.807, 2.05) is 36.4 Å². The molecule has 0 atom stereocenters. The predicted molar refractivity (Wildman–Crippen MR) is 91.7 cm³/mol. The van der Waals surface area contributed by atoms with Crippen LogP contribution in [-0.4, -0.2) is 19.9 Å². The summed E-state index contributed by atoms with van der Waals surface area (Å²) in [5.41, 5.74) is 10.4. The molecule has 114 valence electrons. The third kappa shape index (κ3) is 2.25. The minimum Gasteiger partial charge on any atom is -0.368 e. The fourth-order valence-electron chi connectivity index (χ4n) is 2.72. The highest BCUT2D eigenvalue weighted by Gasteiger charge is 2.17. The molecule has 0 aliphatic carbocycles. The Hall–Kier alpha value is -3.72. The molecule has 4 aromatic rings. The third-order valence-corrected chi connectivity index (χ3v) is 3.80. The molecule has 4 rings (SSSR count). The molecule has 0 radical (unpaired) electrons. The first-order chi connectivity index (χ1) is 11.8. The molecule has 0 unspecified atom stereocenters. The van der Waals surface area contributed by atoms with Gasteiger partial charge < -0.3 is 10.7 Å². The van der Waals surface area contributed by atoms with Crippen LogP contribution in [0.15, 0.2) is 55.0 Å². The second-order valence-corrected chi connectivity index (χ2v) is 5.30. The number of aromatic amines is 1. The van der Waals surface area contributed by atoms with Crippen molar-refractivity contribution in [2.45, 2.75) is 0 Å². The molecular formula is C18H12N6. The van der Waals surface area contributed by atoms with Gasteiger partial charge >= 0.3 is 0 Å². The summed E-state index contributed by atoms with van der Waals surface area (Å²) in [6.45, 7) is 0. The number of anilines is 1. The van der Waals surface area contributed by atoms with Gasteiger partial charge in [-0.3, -0.25) is 0 Å². The number of aromatic nitrogens is 4. The van der Waals surface area contributed by atoms with E-state index in [2.05, 4.69) is 26.0 Å². The number of fused-ring (bicyclic) bond motifs is 1. The van der Waals surface area contributed by atoms with Gasteiger partial charge in [-0.05, 0) is 11.6 Å². The lowest BCUT2D eigenvalue weighted by molar-refractivity contribution is 1.19. The average molecular weight is 312 g/mol. The van der Waals surface area contributed by atoms with Crippen LogP contribution >= 0.6 is 0 Å². The van der Waals surface area contributed by atoms with Crippen LogP contribution in [0, 0.1) is 11.3 Å². The predicted octanol–water partition coefficient (Wildman–Crippen LogP) is 3.14. The molecule has 3 heterocycles. The third-order valence-electron chi connectivity index (χ3n) is 3.80. The fraction of sp³-hybridized carbons (Fsp3) is 0. The minimum absolute atomic E-state index is 0.218. The van der Waals surface area contributed by atoms with Gasteiger partial charge in [-0.15, -0.1) is 0 Å². The van der Waals surface area contributed by atoms with Gasteiger partial charge in [0.15, 0.2) is 0 Å². The van der Waals surface area contributed by atoms with Crippen molar-refractivity contribution >= 4 is 17.0 Å². The maximum Gasteiger partial charge on any atom is 0.219 e. The summed E-state index contributed by atoms with van der Waals surface area (Å²) >= 11 is 0. The van der Waals surface area contributed by atoms with E-state index in [1.54, 1.807) is 18.6 Å². The Bertz CT molecular complexity index is 1060. The van der Waals surface area contributed by atoms with Gasteiger partial charge in [0.1, 0.15) is 11.7 Å². The number of pyridine rings is 1. The van der Waals surface area contributed by atoms with E-state index >= 15 is 0 Å². The van der Waals surface area contributed by atoms with Crippen molar-refractivity contribution in [3.8, 4) is 28.5 Å². The standard InChI is InChI=1S/C18H12N6/c19-7-11-6-14-15(13-9-22-18(20)23-10-13)16(24-17(14)21-8-11)12-4-2-1-3-5-12/h1-6,8-10H,(H,21,24)(H2,20,22,23). The van der Waals surface area contributed by atoms with Crippen molar-refractivity contribution in [3.63, 3.8) is 0 Å². The van der Waals surface area contributed by atoms with Crippen molar-refractivity contribution in [2.75, 3.05) is 5.73 Å². The molecule has 0 fully saturated rings. The van der Waals surface area contributed by atoms with E-state index in [9.17, 15) is 5.26 Å². The number of hydrogen-bond acceptors (Lipinski definition) is 5. The molecule has 6 heteroatoms. The van der Waals surface area contributed by atoms with Gasteiger partial charge in [-0.1, -0.05) is 30.3 Å². The number of hydrogen-bond donors (Lipinski definition) is 2. The molecule has 0 aliphatic rings. The van der Waals surface area contributed by atoms with E-state index in [0.29, 0.717) is 11.2 Å². The number of rotatable bonds is 2. The van der Waals surface area contributed by atoms with Crippen LogP contribution in [0.25, 0.3) is 33.4 Å². The Morgan fingerprint density at radius 2 is 1.71 bits per heavy atom. The molecule has 0 saturated carbocycles. The van der Waals surface area contributed by atoms with Crippen LogP contribution in [-0.2, 0) is 0 Å². The molecule has 6 nitrogen and oxygen atoms in total. The molecule has 1 aromatic carbocycles. The van der Waals surface area contributed by atoms with Crippen molar-refractivity contribution in [1.82, 2.24) is 19.9 Å². The van der Waals surface area contributed by atoms with Crippen LogP contribution in [0.2, 0.25) is 0 Å². The Labute approximate surface area is 137 Å². The SMILES string of the molecule is N#Cc1cnc2[nH]c(-c3ccccc3)c(-c3cnc(N)nc3)c2c1. The number of nitrogens with zero attached hydrogens (tertiary/aromatic N) is 4. The maximum atomic E-state index is 9.18. The zero-order valence-electron chi connectivity index (χ0n) is 12.6. The molecule has 3 N–H and O–H groups in total. The Morgan fingerprint density at radius 3 is 2.42 bits per heavy atom. The summed E-state index contributed by atoms with van der Waals surface area (Å²) in [6.07, 6.45) is 4.91. The highest BCUT2D eigenvalue weighted by Crippen LogP contribution is 2.37. The average Bonchev–Trinajstić information content (AvgIpc) is 3.01. The molecule has 3 aromatic heterocycles. The van der Waals surface area contributed by atoms with Crippen LogP contribution in [0.1, 0.15) is 5.56 Å². The highest BCUT2D eigenvalue weighted by atomic mass is 15.0. The fourth-order valence-corrected chi connectivity index (χ4v) is 2.72. The first-order valence-corrected chi connectivity index (χ1v) is 7.31. The number of nitrogens with one attached hydrogen (secondary N) is 1. The first kappa shape index (κ1) is 13.9. The van der Waals surface area contributed by atoms with Gasteiger partial charge in [-0.25, -0.2) is 15.0 Å². The first-order valence-electron chi connectivity index (χ1n) is 7.31. The van der Waals surface area contributed by atoms with Crippen molar-refractivity contribution in [3.05, 3.63) is 60.6 Å². The topological polar surface area (TPSA) is 104 Å². The zero-order valence-corrected chi connectivity index (χ0v) is 12.6. The van der Waals surface area contributed by atoms with Crippen molar-refractivity contribution in [2.24, 2.45) is 0 Å². The van der Waals surface area contributed by atoms with Crippen LogP contribution in [0.4, 0.5) is 5.95 Å². The monoisotopic (exact) mass is 312 g/mol. The maximum absolute atomic E-state index is 9.18. The lowest BCUT2D eigenvalue weighted by Crippen LogP contribution is -1.94. The van der Waals surface area contributed by atoms with Gasteiger partial charge in [0.2, 0.25) is 5.95 Å². The van der Waals surface area contributed by atoms with Crippen LogP contribution in [0.5, 0.6) is 0 Å². The highest BCUT2D eigenvalue weighted by molar-refractivity contribution is 6.02. The van der Waals surface area contributed by atoms with Gasteiger partial charge in [0, 0.05) is 35.1 Å². The second-order valence-electron chi connectivity index (χ2n) is 5.30. The lowest BCUT2D eigenvalue weighted by Gasteiger charge is -2.05. The molecule has 24 heavy (non-hydrogen) atoms. The summed E-state index contributed by atoms with van der Waals surface area (Å²) in [7, 11) is 0. The second kappa shape index (κ2) is 5.48. The number of nitriles is 1. The van der Waals surface area contributed by atoms with Crippen LogP contribution < -0.4 is 5.73 Å². The summed E-state index contributed by atoms with van der Waals surface area (Å²) < 4.78 is 0. The summed E-state index contributed by atoms with van der Waals surface area (Å²) in [5, 5.41) is 10.0. The van der Waals surface area contributed by atoms with E-state index < -0.39 is 0 Å². The molecule has 0 saturated heterocycles. The summed E-state index contributed by atoms with van der Waals surface area (Å²) in [4.78, 5) is 15.9. The molecular weight excluding hydrogens is 300 g/mol. The minimum atomic E-state index is 0.218. The van der Waals surface area contributed by atoms with Gasteiger partial charge in [0.05, 0.1) is 11.3 Å². The van der Waals surface area contributed by atoms with Gasteiger partial charge in [-0.2, -0.15) is 5.26 Å². The summed E-state index contributed by atoms with van der Waals surface area (Å²) in [5.74, 6) is 0.218. The Morgan fingerprint density at radius 1 is 0.958 bits per heavy atom. The zero-order chi connectivity index (χ0) is 16.5. The number of H-pyrrole nitrogens is 1. The molecule has 0 bridgehead atoms. The van der Waals surface area contributed by atoms with E-state index in [-0.39, 0.29) is 5.95 Å². The van der Waals surface area contributed by atoms with E-state index in [0.717, 1.165) is 27.8 Å². The normalized spacial score (nSPS) is 10.6. The smallest absolute Gasteiger partial charge is 0.219 e. The van der Waals surface area contributed by atoms with Crippen molar-refractivity contribution in [1.29, 1.82) is 5.26 Å². The lowest BCUT2D eigenvalue weighted by atomic mass is 10.0. The van der Waals surface area contributed by atoms with E-state index in [4.69, 9.17) is 5.73 Å². The van der Waals surface area contributed by atoms with Crippen LogP contribution in [0.3, 0.4) is 0 Å². The van der Waals surface area contributed by atoms with Crippen molar-refractivity contribution < 1.29 is 0 Å². The van der Waals surface area contributed by atoms with E-state index in [1.165, 1.54) is 0 Å². The molecule has 0 amide bonds. The quantitative estimate of drug-likeness (QED) is 0.591. The summed E-state index contributed by atoms with van der Waals surface area (Å²) in [6, 6.07) is 13.9. The Balaban J connectivity index is 2.06. The number of nitrogen functional groups attached to an aromatic ring is 1. The largest absolute Gasteiger partial charge is 0.368 e. The molecule has 0 aliphatic heterocycles.